The Kier molecular flexibility index (Phi) is 10.6. The smallest absolute Gasteiger partial charge is 0.377 e. The van der Waals surface area contributed by atoms with Crippen molar-refractivity contribution in [2.24, 2.45) is 0 Å². The Morgan fingerprint density at radius 2 is 1.59 bits per heavy atom. The molecule has 0 aromatic rings. The minimum atomic E-state index is -1.18. The van der Waals surface area contributed by atoms with Crippen molar-refractivity contribution in [2.75, 3.05) is 6.61 Å². The molecule has 22 heavy (non-hydrogen) atoms. The third-order valence-corrected chi connectivity index (χ3v) is 2.91. The van der Waals surface area contributed by atoms with Gasteiger partial charge in [-0.3, -0.25) is 14.4 Å². The molecule has 1 unspecified atom stereocenters. The number of unbranched alkanes of at least 4 members (excludes halogenated alkanes) is 2. The van der Waals surface area contributed by atoms with Gasteiger partial charge in [0.2, 0.25) is 11.9 Å². The largest absolute Gasteiger partial charge is 0.461 e. The average Bonchev–Trinajstić information content (AvgIpc) is 2.48. The van der Waals surface area contributed by atoms with Crippen molar-refractivity contribution in [1.29, 1.82) is 0 Å². The maximum Gasteiger partial charge on any atom is 0.377 e. The Labute approximate surface area is 130 Å². The molecule has 0 aliphatic rings. The standard InChI is InChI=1S/C15H24N2O5/c1-4-6-8-13(19)21-10-12(15(17-16)11(3)18)22-14(20)9-7-5-2/h12H,4-10H2,1-3H3. The number of carbonyl (C=O) groups is 3. The highest BCUT2D eigenvalue weighted by molar-refractivity contribution is 6.38. The highest BCUT2D eigenvalue weighted by Gasteiger charge is 2.33. The van der Waals surface area contributed by atoms with E-state index in [-0.39, 0.29) is 25.2 Å². The lowest BCUT2D eigenvalue weighted by molar-refractivity contribution is -0.157. The minimum absolute atomic E-state index is 0.188. The quantitative estimate of drug-likeness (QED) is 0.251. The zero-order chi connectivity index (χ0) is 17.0. The van der Waals surface area contributed by atoms with Crippen molar-refractivity contribution in [3.63, 3.8) is 0 Å². The summed E-state index contributed by atoms with van der Waals surface area (Å²) in [6.07, 6.45) is 2.26. The molecule has 0 fully saturated rings. The maximum atomic E-state index is 11.7. The molecule has 0 N–H and O–H groups in total. The molecule has 0 aliphatic carbocycles. The molecule has 7 heteroatoms. The van der Waals surface area contributed by atoms with Crippen LogP contribution < -0.4 is 0 Å². The average molecular weight is 312 g/mol. The second-order valence-corrected chi connectivity index (χ2v) is 4.91. The zero-order valence-electron chi connectivity index (χ0n) is 13.5. The van der Waals surface area contributed by atoms with Crippen LogP contribution in [0.15, 0.2) is 0 Å². The molecular weight excluding hydrogens is 288 g/mol. The van der Waals surface area contributed by atoms with Crippen LogP contribution in [0.1, 0.15) is 59.3 Å². The number of carbonyl (C=O) groups excluding carboxylic acids is 3. The molecular formula is C15H24N2O5. The van der Waals surface area contributed by atoms with Crippen LogP contribution in [0.2, 0.25) is 0 Å². The number of hydrogen-bond donors (Lipinski definition) is 0. The topological polar surface area (TPSA) is 106 Å². The summed E-state index contributed by atoms with van der Waals surface area (Å²) in [4.78, 5) is 37.4. The van der Waals surface area contributed by atoms with Crippen LogP contribution in [0.5, 0.6) is 0 Å². The van der Waals surface area contributed by atoms with Crippen LogP contribution in [0, 0.1) is 0 Å². The van der Waals surface area contributed by atoms with Gasteiger partial charge in [-0.1, -0.05) is 26.7 Å². The molecule has 0 aliphatic heterocycles. The number of ether oxygens (including phenoxy) is 2. The van der Waals surface area contributed by atoms with Gasteiger partial charge in [-0.15, -0.1) is 0 Å². The van der Waals surface area contributed by atoms with Crippen LogP contribution >= 0.6 is 0 Å². The molecule has 0 aromatic carbocycles. The monoisotopic (exact) mass is 312 g/mol. The summed E-state index contributed by atoms with van der Waals surface area (Å²) in [6, 6.07) is 0. The first-order chi connectivity index (χ1) is 10.5. The molecule has 0 radical (unpaired) electrons. The Morgan fingerprint density at radius 3 is 2.05 bits per heavy atom. The summed E-state index contributed by atoms with van der Waals surface area (Å²) in [7, 11) is 0. The minimum Gasteiger partial charge on any atom is -0.461 e. The highest BCUT2D eigenvalue weighted by atomic mass is 16.6. The molecule has 0 heterocycles. The normalized spacial score (nSPS) is 11.2. The maximum absolute atomic E-state index is 11.7. The van der Waals surface area contributed by atoms with Gasteiger partial charge in [0.1, 0.15) is 6.61 Å². The third-order valence-electron chi connectivity index (χ3n) is 2.91. The fraction of sp³-hybridized carbons (Fsp3) is 0.733. The lowest BCUT2D eigenvalue weighted by atomic mass is 10.1. The second-order valence-electron chi connectivity index (χ2n) is 4.91. The Balaban J connectivity index is 4.73. The molecule has 1 atom stereocenters. The van der Waals surface area contributed by atoms with Crippen LogP contribution in [0.3, 0.4) is 0 Å². The van der Waals surface area contributed by atoms with Crippen LogP contribution in [0.4, 0.5) is 0 Å². The first-order valence-electron chi connectivity index (χ1n) is 7.54. The van der Waals surface area contributed by atoms with Gasteiger partial charge in [-0.2, -0.15) is 4.79 Å². The number of hydrogen-bond acceptors (Lipinski definition) is 5. The van der Waals surface area contributed by atoms with E-state index in [9.17, 15) is 14.4 Å². The van der Waals surface area contributed by atoms with Gasteiger partial charge in [-0.05, 0) is 12.8 Å². The van der Waals surface area contributed by atoms with Gasteiger partial charge < -0.3 is 15.0 Å². The predicted molar refractivity (Wildman–Crippen MR) is 79.2 cm³/mol. The Hall–Kier alpha value is -2.01. The summed E-state index contributed by atoms with van der Waals surface area (Å²) >= 11 is 0. The summed E-state index contributed by atoms with van der Waals surface area (Å²) < 4.78 is 10.1. The van der Waals surface area contributed by atoms with E-state index < -0.39 is 23.8 Å². The van der Waals surface area contributed by atoms with E-state index in [2.05, 4.69) is 4.79 Å². The first-order valence-corrected chi connectivity index (χ1v) is 7.54. The fourth-order valence-corrected chi connectivity index (χ4v) is 1.63. The van der Waals surface area contributed by atoms with Crippen molar-refractivity contribution < 1.29 is 28.6 Å². The predicted octanol–water partition coefficient (Wildman–Crippen LogP) is 2.08. The second kappa shape index (κ2) is 11.6. The lowest BCUT2D eigenvalue weighted by Gasteiger charge is -2.13. The first kappa shape index (κ1) is 20.0. The van der Waals surface area contributed by atoms with Gasteiger partial charge >= 0.3 is 17.7 Å². The van der Waals surface area contributed by atoms with Crippen molar-refractivity contribution >= 4 is 23.4 Å². The summed E-state index contributed by atoms with van der Waals surface area (Å²) in [5.74, 6) is -1.53. The SMILES string of the molecule is CCCCC(=O)OCC(OC(=O)CCCC)C(=[N+]=[N-])C(C)=O. The molecule has 0 bridgehead atoms. The fourth-order valence-electron chi connectivity index (χ4n) is 1.63. The van der Waals surface area contributed by atoms with Crippen LogP contribution in [-0.2, 0) is 23.9 Å². The summed E-state index contributed by atoms with van der Waals surface area (Å²) in [5, 5.41) is 0. The van der Waals surface area contributed by atoms with Gasteiger partial charge in [0.15, 0.2) is 0 Å². The lowest BCUT2D eigenvalue weighted by Crippen LogP contribution is -2.37. The summed E-state index contributed by atoms with van der Waals surface area (Å²) in [5.41, 5.74) is 8.56. The van der Waals surface area contributed by atoms with E-state index in [0.717, 1.165) is 12.8 Å². The van der Waals surface area contributed by atoms with Crippen LogP contribution in [-0.4, -0.2) is 40.9 Å². The molecule has 0 rings (SSSR count). The van der Waals surface area contributed by atoms with Crippen molar-refractivity contribution in [2.45, 2.75) is 65.4 Å². The molecule has 0 saturated carbocycles. The van der Waals surface area contributed by atoms with E-state index in [1.165, 1.54) is 6.92 Å². The third kappa shape index (κ3) is 8.32. The van der Waals surface area contributed by atoms with E-state index in [4.69, 9.17) is 15.0 Å². The van der Waals surface area contributed by atoms with E-state index in [0.29, 0.717) is 12.8 Å². The Morgan fingerprint density at radius 1 is 1.05 bits per heavy atom. The van der Waals surface area contributed by atoms with Crippen molar-refractivity contribution in [3.8, 4) is 0 Å². The molecule has 124 valence electrons. The number of esters is 2. The van der Waals surface area contributed by atoms with Crippen molar-refractivity contribution in [3.05, 3.63) is 5.53 Å². The molecule has 0 aromatic heterocycles. The molecule has 0 amide bonds. The molecule has 0 saturated heterocycles. The van der Waals surface area contributed by atoms with E-state index in [1.807, 2.05) is 13.8 Å². The van der Waals surface area contributed by atoms with Gasteiger partial charge in [0.05, 0.1) is 0 Å². The van der Waals surface area contributed by atoms with E-state index in [1.54, 1.807) is 0 Å². The number of Topliss-reactive ketones (excluding diaryl/α,β-unsaturated/α-hetero) is 1. The number of nitrogens with zero attached hydrogens (tertiary/aromatic N) is 2. The Bertz CT molecular complexity index is 441. The van der Waals surface area contributed by atoms with Crippen LogP contribution in [0.25, 0.3) is 5.53 Å². The number of rotatable bonds is 11. The van der Waals surface area contributed by atoms with Crippen molar-refractivity contribution in [1.82, 2.24) is 0 Å². The molecule has 7 nitrogen and oxygen atoms in total. The van der Waals surface area contributed by atoms with Gasteiger partial charge in [-0.25, -0.2) is 0 Å². The highest BCUT2D eigenvalue weighted by Crippen LogP contribution is 2.05. The van der Waals surface area contributed by atoms with Gasteiger partial charge in [0, 0.05) is 19.8 Å². The molecule has 0 spiro atoms. The zero-order valence-corrected chi connectivity index (χ0v) is 13.5. The summed E-state index contributed by atoms with van der Waals surface area (Å²) in [6.45, 7) is 4.72. The van der Waals surface area contributed by atoms with Gasteiger partial charge in [0.25, 0.3) is 0 Å². The van der Waals surface area contributed by atoms with E-state index >= 15 is 0 Å². The number of ketones is 1.